The summed E-state index contributed by atoms with van der Waals surface area (Å²) >= 11 is 0. The molecule has 0 N–H and O–H groups in total. The summed E-state index contributed by atoms with van der Waals surface area (Å²) in [6, 6.07) is 7.75. The Morgan fingerprint density at radius 3 is 2.87 bits per heavy atom. The van der Waals surface area contributed by atoms with E-state index in [-0.39, 0.29) is 5.92 Å². The van der Waals surface area contributed by atoms with Crippen LogP contribution < -0.4 is 4.74 Å². The zero-order valence-corrected chi connectivity index (χ0v) is 9.19. The monoisotopic (exact) mass is 204 g/mol. The van der Waals surface area contributed by atoms with E-state index in [0.717, 1.165) is 24.0 Å². The molecule has 1 unspecified atom stereocenters. The highest BCUT2D eigenvalue weighted by Crippen LogP contribution is 2.27. The molecule has 0 aliphatic rings. The summed E-state index contributed by atoms with van der Waals surface area (Å²) in [5.74, 6) is 0.905. The van der Waals surface area contributed by atoms with E-state index in [1.54, 1.807) is 7.11 Å². The molecule has 80 valence electrons. The van der Waals surface area contributed by atoms with Crippen LogP contribution in [0.1, 0.15) is 24.8 Å². The lowest BCUT2D eigenvalue weighted by molar-refractivity contribution is -0.105. The molecule has 0 heterocycles. The third-order valence-corrected chi connectivity index (χ3v) is 2.50. The maximum absolute atomic E-state index is 10.7. The Balaban J connectivity index is 3.01. The van der Waals surface area contributed by atoms with Crippen molar-refractivity contribution in [2.24, 2.45) is 0 Å². The standard InChI is InChI=1S/C13H16O2/c1-4-13(10(2)9-14)11-6-5-7-12(8-11)15-3/h5-9,13H,2,4H2,1,3H3. The highest BCUT2D eigenvalue weighted by atomic mass is 16.5. The second-order valence-corrected chi connectivity index (χ2v) is 3.43. The number of ether oxygens (including phenoxy) is 1. The second kappa shape index (κ2) is 5.35. The van der Waals surface area contributed by atoms with Crippen molar-refractivity contribution < 1.29 is 9.53 Å². The van der Waals surface area contributed by atoms with Gasteiger partial charge in [-0.3, -0.25) is 4.79 Å². The van der Waals surface area contributed by atoms with Crippen LogP contribution in [0, 0.1) is 0 Å². The molecule has 0 spiro atoms. The molecule has 0 amide bonds. The number of carbonyl (C=O) groups is 1. The van der Waals surface area contributed by atoms with E-state index in [1.165, 1.54) is 0 Å². The summed E-state index contributed by atoms with van der Waals surface area (Å²) in [6.07, 6.45) is 1.69. The van der Waals surface area contributed by atoms with Crippen molar-refractivity contribution in [2.45, 2.75) is 19.3 Å². The van der Waals surface area contributed by atoms with Crippen LogP contribution in [-0.4, -0.2) is 13.4 Å². The van der Waals surface area contributed by atoms with Crippen LogP contribution in [0.3, 0.4) is 0 Å². The Kier molecular flexibility index (Phi) is 4.10. The van der Waals surface area contributed by atoms with Gasteiger partial charge in [-0.15, -0.1) is 0 Å². The van der Waals surface area contributed by atoms with Gasteiger partial charge in [0.2, 0.25) is 0 Å². The first-order valence-corrected chi connectivity index (χ1v) is 5.00. The molecule has 1 atom stereocenters. The fourth-order valence-corrected chi connectivity index (χ4v) is 1.65. The Hall–Kier alpha value is -1.57. The van der Waals surface area contributed by atoms with E-state index in [2.05, 4.69) is 6.58 Å². The Bertz CT molecular complexity index is 355. The minimum atomic E-state index is 0.0950. The van der Waals surface area contributed by atoms with Gasteiger partial charge in [0.1, 0.15) is 12.0 Å². The summed E-state index contributed by atoms with van der Waals surface area (Å²) in [6.45, 7) is 5.81. The van der Waals surface area contributed by atoms with Crippen molar-refractivity contribution in [1.82, 2.24) is 0 Å². The largest absolute Gasteiger partial charge is 0.497 e. The molecular weight excluding hydrogens is 188 g/mol. The van der Waals surface area contributed by atoms with E-state index in [9.17, 15) is 4.79 Å². The predicted molar refractivity (Wildman–Crippen MR) is 61.2 cm³/mol. The maximum Gasteiger partial charge on any atom is 0.146 e. The molecule has 2 heteroatoms. The zero-order valence-electron chi connectivity index (χ0n) is 9.19. The van der Waals surface area contributed by atoms with Gasteiger partial charge in [0.15, 0.2) is 0 Å². The summed E-state index contributed by atoms with van der Waals surface area (Å²) < 4.78 is 5.14. The minimum Gasteiger partial charge on any atom is -0.497 e. The molecule has 0 fully saturated rings. The third kappa shape index (κ3) is 2.69. The molecule has 1 rings (SSSR count). The molecule has 0 bridgehead atoms. The number of rotatable bonds is 5. The zero-order chi connectivity index (χ0) is 11.3. The molecule has 0 aromatic heterocycles. The molecule has 0 saturated heterocycles. The second-order valence-electron chi connectivity index (χ2n) is 3.43. The lowest BCUT2D eigenvalue weighted by Crippen LogP contribution is -2.01. The van der Waals surface area contributed by atoms with Gasteiger partial charge in [-0.2, -0.15) is 0 Å². The first-order chi connectivity index (χ1) is 7.22. The summed E-state index contributed by atoms with van der Waals surface area (Å²) in [4.78, 5) is 10.7. The van der Waals surface area contributed by atoms with Crippen molar-refractivity contribution in [2.75, 3.05) is 7.11 Å². The van der Waals surface area contributed by atoms with Gasteiger partial charge in [-0.1, -0.05) is 25.6 Å². The third-order valence-electron chi connectivity index (χ3n) is 2.50. The fraction of sp³-hybridized carbons (Fsp3) is 0.308. The van der Waals surface area contributed by atoms with Crippen molar-refractivity contribution in [3.8, 4) is 5.75 Å². The quantitative estimate of drug-likeness (QED) is 0.544. The van der Waals surface area contributed by atoms with Gasteiger partial charge in [-0.25, -0.2) is 0 Å². The number of hydrogen-bond donors (Lipinski definition) is 0. The Morgan fingerprint density at radius 1 is 1.60 bits per heavy atom. The van der Waals surface area contributed by atoms with E-state index in [0.29, 0.717) is 5.57 Å². The molecule has 1 aromatic rings. The van der Waals surface area contributed by atoms with Crippen LogP contribution in [0.2, 0.25) is 0 Å². The van der Waals surface area contributed by atoms with Crippen molar-refractivity contribution in [3.05, 3.63) is 42.0 Å². The number of allylic oxidation sites excluding steroid dienone is 1. The molecule has 0 saturated carbocycles. The average molecular weight is 204 g/mol. The molecule has 0 aliphatic heterocycles. The van der Waals surface area contributed by atoms with Crippen LogP contribution in [-0.2, 0) is 4.79 Å². The van der Waals surface area contributed by atoms with Crippen LogP contribution >= 0.6 is 0 Å². The Labute approximate surface area is 90.6 Å². The van der Waals surface area contributed by atoms with E-state index in [1.807, 2.05) is 31.2 Å². The van der Waals surface area contributed by atoms with Gasteiger partial charge in [-0.05, 0) is 29.7 Å². The minimum absolute atomic E-state index is 0.0950. The first-order valence-electron chi connectivity index (χ1n) is 5.00. The SMILES string of the molecule is C=C(C=O)C(CC)c1cccc(OC)c1. The van der Waals surface area contributed by atoms with Gasteiger partial charge in [0.05, 0.1) is 7.11 Å². The highest BCUT2D eigenvalue weighted by molar-refractivity contribution is 5.74. The van der Waals surface area contributed by atoms with E-state index < -0.39 is 0 Å². The Morgan fingerprint density at radius 2 is 2.33 bits per heavy atom. The summed E-state index contributed by atoms with van der Waals surface area (Å²) in [7, 11) is 1.63. The van der Waals surface area contributed by atoms with Crippen LogP contribution in [0.5, 0.6) is 5.75 Å². The van der Waals surface area contributed by atoms with Crippen LogP contribution in [0.15, 0.2) is 36.4 Å². The van der Waals surface area contributed by atoms with E-state index >= 15 is 0 Å². The lowest BCUT2D eigenvalue weighted by Gasteiger charge is -2.14. The van der Waals surface area contributed by atoms with E-state index in [4.69, 9.17) is 4.74 Å². The van der Waals surface area contributed by atoms with Crippen LogP contribution in [0.4, 0.5) is 0 Å². The van der Waals surface area contributed by atoms with Gasteiger partial charge >= 0.3 is 0 Å². The average Bonchev–Trinajstić information content (AvgIpc) is 2.30. The number of methoxy groups -OCH3 is 1. The molecule has 0 radical (unpaired) electrons. The fourth-order valence-electron chi connectivity index (χ4n) is 1.65. The topological polar surface area (TPSA) is 26.3 Å². The van der Waals surface area contributed by atoms with Crippen molar-refractivity contribution >= 4 is 6.29 Å². The van der Waals surface area contributed by atoms with Crippen molar-refractivity contribution in [3.63, 3.8) is 0 Å². The van der Waals surface area contributed by atoms with Crippen molar-refractivity contribution in [1.29, 1.82) is 0 Å². The molecule has 1 aromatic carbocycles. The smallest absolute Gasteiger partial charge is 0.146 e. The first kappa shape index (κ1) is 11.5. The van der Waals surface area contributed by atoms with Gasteiger partial charge in [0.25, 0.3) is 0 Å². The molecule has 15 heavy (non-hydrogen) atoms. The number of hydrogen-bond acceptors (Lipinski definition) is 2. The molecular formula is C13H16O2. The maximum atomic E-state index is 10.7. The predicted octanol–water partition coefficient (Wildman–Crippen LogP) is 2.94. The van der Waals surface area contributed by atoms with Gasteiger partial charge in [0, 0.05) is 5.92 Å². The highest BCUT2D eigenvalue weighted by Gasteiger charge is 2.12. The van der Waals surface area contributed by atoms with Crippen LogP contribution in [0.25, 0.3) is 0 Å². The number of carbonyl (C=O) groups excluding carboxylic acids is 1. The summed E-state index contributed by atoms with van der Waals surface area (Å²) in [5.41, 5.74) is 1.69. The number of benzene rings is 1. The molecule has 2 nitrogen and oxygen atoms in total. The number of aldehydes is 1. The summed E-state index contributed by atoms with van der Waals surface area (Å²) in [5, 5.41) is 0. The van der Waals surface area contributed by atoms with Gasteiger partial charge < -0.3 is 4.74 Å². The normalized spacial score (nSPS) is 11.9. The lowest BCUT2D eigenvalue weighted by atomic mass is 9.90. The molecule has 0 aliphatic carbocycles.